The molecule has 0 N–H and O–H groups in total. The maximum absolute atomic E-state index is 12.1. The fraction of sp³-hybridized carbons (Fsp3) is 0.133. The summed E-state index contributed by atoms with van der Waals surface area (Å²) >= 11 is 0. The lowest BCUT2D eigenvalue weighted by Crippen LogP contribution is -2.22. The van der Waals surface area contributed by atoms with Crippen LogP contribution in [-0.2, 0) is 0 Å². The first-order valence-electron chi connectivity index (χ1n) is 6.06. The monoisotopic (exact) mass is 270 g/mol. The summed E-state index contributed by atoms with van der Waals surface area (Å²) in [5.74, 6) is -0.380. The molecule has 2 aromatic carbocycles. The number of benzene rings is 2. The predicted molar refractivity (Wildman–Crippen MR) is 76.5 cm³/mol. The van der Waals surface area contributed by atoms with Gasteiger partial charge in [-0.3, -0.25) is 14.9 Å². The van der Waals surface area contributed by atoms with Crippen LogP contribution in [0.4, 0.5) is 5.69 Å². The summed E-state index contributed by atoms with van der Waals surface area (Å²) in [5.41, 5.74) is 1.61. The minimum Gasteiger partial charge on any atom is -0.345 e. The van der Waals surface area contributed by atoms with Crippen molar-refractivity contribution in [1.82, 2.24) is 4.90 Å². The molecule has 0 heterocycles. The Morgan fingerprint density at radius 2 is 1.70 bits per heavy atom. The number of carbonyl (C=O) groups excluding carboxylic acids is 1. The SMILES string of the molecule is CN(C)C(=O)c1cc(-c2ccccc2)ccc1[N+](=O)[O-]. The molecule has 0 saturated carbocycles. The van der Waals surface area contributed by atoms with Gasteiger partial charge < -0.3 is 4.90 Å². The van der Waals surface area contributed by atoms with Crippen LogP contribution in [-0.4, -0.2) is 29.8 Å². The second kappa shape index (κ2) is 5.52. The van der Waals surface area contributed by atoms with Crippen LogP contribution in [0.3, 0.4) is 0 Å². The first-order chi connectivity index (χ1) is 9.50. The number of carbonyl (C=O) groups is 1. The second-order valence-corrected chi connectivity index (χ2v) is 4.55. The zero-order chi connectivity index (χ0) is 14.7. The van der Waals surface area contributed by atoms with E-state index in [0.29, 0.717) is 0 Å². The van der Waals surface area contributed by atoms with Gasteiger partial charge in [-0.25, -0.2) is 0 Å². The Morgan fingerprint density at radius 1 is 1.05 bits per heavy atom. The molecule has 0 spiro atoms. The van der Waals surface area contributed by atoms with Crippen molar-refractivity contribution in [2.24, 2.45) is 0 Å². The highest BCUT2D eigenvalue weighted by molar-refractivity contribution is 5.99. The molecule has 0 saturated heterocycles. The average molecular weight is 270 g/mol. The van der Waals surface area contributed by atoms with Gasteiger partial charge in [-0.1, -0.05) is 30.3 Å². The van der Waals surface area contributed by atoms with Crippen molar-refractivity contribution in [2.75, 3.05) is 14.1 Å². The molecule has 0 atom stereocenters. The smallest absolute Gasteiger partial charge is 0.282 e. The van der Waals surface area contributed by atoms with E-state index < -0.39 is 4.92 Å². The van der Waals surface area contributed by atoms with Gasteiger partial charge in [0.15, 0.2) is 0 Å². The van der Waals surface area contributed by atoms with Gasteiger partial charge in [0, 0.05) is 20.2 Å². The highest BCUT2D eigenvalue weighted by Gasteiger charge is 2.22. The first-order valence-corrected chi connectivity index (χ1v) is 6.06. The number of nitro groups is 1. The molecule has 2 rings (SSSR count). The van der Waals surface area contributed by atoms with Crippen LogP contribution in [0, 0.1) is 10.1 Å². The van der Waals surface area contributed by atoms with E-state index in [9.17, 15) is 14.9 Å². The molecule has 0 bridgehead atoms. The van der Waals surface area contributed by atoms with Crippen molar-refractivity contribution >= 4 is 11.6 Å². The number of rotatable bonds is 3. The van der Waals surface area contributed by atoms with E-state index in [1.54, 1.807) is 26.2 Å². The number of nitro benzene ring substituents is 1. The molecule has 1 amide bonds. The highest BCUT2D eigenvalue weighted by Crippen LogP contribution is 2.27. The molecule has 0 aromatic heterocycles. The van der Waals surface area contributed by atoms with Gasteiger partial charge in [-0.15, -0.1) is 0 Å². The van der Waals surface area contributed by atoms with Crippen molar-refractivity contribution in [3.05, 3.63) is 64.2 Å². The summed E-state index contributed by atoms with van der Waals surface area (Å²) in [4.78, 5) is 23.9. The molecule has 5 heteroatoms. The summed E-state index contributed by atoms with van der Waals surface area (Å²) in [7, 11) is 3.14. The van der Waals surface area contributed by atoms with Gasteiger partial charge in [-0.2, -0.15) is 0 Å². The molecule has 0 unspecified atom stereocenters. The largest absolute Gasteiger partial charge is 0.345 e. The normalized spacial score (nSPS) is 10.1. The predicted octanol–water partition coefficient (Wildman–Crippen LogP) is 2.96. The standard InChI is InChI=1S/C15H14N2O3/c1-16(2)15(18)13-10-12(8-9-14(13)17(19)20)11-6-4-3-5-7-11/h3-10H,1-2H3. The van der Waals surface area contributed by atoms with Gasteiger partial charge in [0.2, 0.25) is 0 Å². The van der Waals surface area contributed by atoms with Gasteiger partial charge in [0.25, 0.3) is 11.6 Å². The molecular weight excluding hydrogens is 256 g/mol. The Labute approximate surface area is 116 Å². The zero-order valence-electron chi connectivity index (χ0n) is 11.2. The maximum Gasteiger partial charge on any atom is 0.282 e. The number of nitrogens with zero attached hydrogens (tertiary/aromatic N) is 2. The molecule has 102 valence electrons. The van der Waals surface area contributed by atoms with Crippen molar-refractivity contribution < 1.29 is 9.72 Å². The van der Waals surface area contributed by atoms with E-state index in [4.69, 9.17) is 0 Å². The fourth-order valence-electron chi connectivity index (χ4n) is 1.92. The molecule has 0 aliphatic rings. The highest BCUT2D eigenvalue weighted by atomic mass is 16.6. The van der Waals surface area contributed by atoms with E-state index in [1.165, 1.54) is 11.0 Å². The molecule has 20 heavy (non-hydrogen) atoms. The third-order valence-electron chi connectivity index (χ3n) is 2.94. The average Bonchev–Trinajstić information content (AvgIpc) is 2.46. The summed E-state index contributed by atoms with van der Waals surface area (Å²) in [6.45, 7) is 0. The van der Waals surface area contributed by atoms with Crippen molar-refractivity contribution in [3.63, 3.8) is 0 Å². The third-order valence-corrected chi connectivity index (χ3v) is 2.94. The van der Waals surface area contributed by atoms with Gasteiger partial charge in [-0.05, 0) is 23.3 Å². The Kier molecular flexibility index (Phi) is 3.79. The third kappa shape index (κ3) is 2.66. The van der Waals surface area contributed by atoms with E-state index >= 15 is 0 Å². The van der Waals surface area contributed by atoms with Gasteiger partial charge >= 0.3 is 0 Å². The molecule has 0 aliphatic carbocycles. The van der Waals surface area contributed by atoms with Crippen LogP contribution in [0.1, 0.15) is 10.4 Å². The second-order valence-electron chi connectivity index (χ2n) is 4.55. The summed E-state index contributed by atoms with van der Waals surface area (Å²) < 4.78 is 0. The quantitative estimate of drug-likeness (QED) is 0.636. The number of hydrogen-bond acceptors (Lipinski definition) is 3. The van der Waals surface area contributed by atoms with E-state index in [2.05, 4.69) is 0 Å². The Bertz CT molecular complexity index is 651. The summed E-state index contributed by atoms with van der Waals surface area (Å²) in [6.07, 6.45) is 0. The van der Waals surface area contributed by atoms with Gasteiger partial charge in [0.1, 0.15) is 5.56 Å². The van der Waals surface area contributed by atoms with Crippen LogP contribution in [0.5, 0.6) is 0 Å². The van der Waals surface area contributed by atoms with Crippen molar-refractivity contribution in [1.29, 1.82) is 0 Å². The van der Waals surface area contributed by atoms with Crippen molar-refractivity contribution in [2.45, 2.75) is 0 Å². The van der Waals surface area contributed by atoms with Crippen LogP contribution in [0.25, 0.3) is 11.1 Å². The Balaban J connectivity index is 2.57. The molecular formula is C15H14N2O3. The Morgan fingerprint density at radius 3 is 2.25 bits per heavy atom. The molecule has 2 aromatic rings. The topological polar surface area (TPSA) is 63.5 Å². The summed E-state index contributed by atoms with van der Waals surface area (Å²) in [6, 6.07) is 14.0. The van der Waals surface area contributed by atoms with E-state index in [-0.39, 0.29) is 17.2 Å². The van der Waals surface area contributed by atoms with E-state index in [0.717, 1.165) is 11.1 Å². The molecule has 0 radical (unpaired) electrons. The van der Waals surface area contributed by atoms with Crippen LogP contribution in [0.2, 0.25) is 0 Å². The lowest BCUT2D eigenvalue weighted by molar-refractivity contribution is -0.385. The number of amides is 1. The van der Waals surface area contributed by atoms with Gasteiger partial charge in [0.05, 0.1) is 4.92 Å². The van der Waals surface area contributed by atoms with Crippen LogP contribution >= 0.6 is 0 Å². The first kappa shape index (κ1) is 13.7. The minimum atomic E-state index is -0.536. The van der Waals surface area contributed by atoms with Crippen LogP contribution < -0.4 is 0 Å². The molecule has 5 nitrogen and oxygen atoms in total. The lowest BCUT2D eigenvalue weighted by Gasteiger charge is -2.11. The zero-order valence-corrected chi connectivity index (χ0v) is 11.2. The molecule has 0 aliphatic heterocycles. The van der Waals surface area contributed by atoms with Crippen molar-refractivity contribution in [3.8, 4) is 11.1 Å². The summed E-state index contributed by atoms with van der Waals surface area (Å²) in [5, 5.41) is 11.0. The maximum atomic E-state index is 12.1. The van der Waals surface area contributed by atoms with E-state index in [1.807, 2.05) is 30.3 Å². The number of hydrogen-bond donors (Lipinski definition) is 0. The fourth-order valence-corrected chi connectivity index (χ4v) is 1.92. The Hall–Kier alpha value is -2.69. The lowest BCUT2D eigenvalue weighted by atomic mass is 10.0. The minimum absolute atomic E-state index is 0.0985. The molecule has 0 fully saturated rings. The van der Waals surface area contributed by atoms with Crippen LogP contribution in [0.15, 0.2) is 48.5 Å².